The van der Waals surface area contributed by atoms with Gasteiger partial charge in [-0.3, -0.25) is 9.69 Å². The summed E-state index contributed by atoms with van der Waals surface area (Å²) in [7, 11) is 1.30. The van der Waals surface area contributed by atoms with Gasteiger partial charge >= 0.3 is 0 Å². The van der Waals surface area contributed by atoms with Crippen LogP contribution in [0.4, 0.5) is 32.0 Å². The van der Waals surface area contributed by atoms with Gasteiger partial charge in [0.25, 0.3) is 5.91 Å². The number of halogens is 6. The Labute approximate surface area is 205 Å². The summed E-state index contributed by atoms with van der Waals surface area (Å²) in [5.41, 5.74) is 0.987. The Kier molecular flexibility index (Phi) is 6.88. The van der Waals surface area contributed by atoms with E-state index in [0.717, 1.165) is 4.90 Å². The van der Waals surface area contributed by atoms with Crippen molar-refractivity contribution >= 4 is 35.0 Å². The predicted molar refractivity (Wildman–Crippen MR) is 121 cm³/mol. The first kappa shape index (κ1) is 25.0. The molecule has 0 radical (unpaired) electrons. The SMILES string of the molecule is COc1ccc(/C=C2/NC(=S)N(c3ccc(F)cc3)C2=O)cc1COc1c(F)c(F)c(F)c(F)c1F. The number of nitrogens with zero attached hydrogens (tertiary/aromatic N) is 1. The molecule has 4 rings (SSSR count). The molecule has 0 atom stereocenters. The zero-order valence-corrected chi connectivity index (χ0v) is 19.0. The van der Waals surface area contributed by atoms with Crippen molar-refractivity contribution in [2.45, 2.75) is 6.61 Å². The fourth-order valence-corrected chi connectivity index (χ4v) is 3.69. The fraction of sp³-hybridized carbons (Fsp3) is 0.0833. The number of hydrogen-bond donors (Lipinski definition) is 1. The van der Waals surface area contributed by atoms with Gasteiger partial charge in [0.2, 0.25) is 29.1 Å². The third kappa shape index (κ3) is 4.59. The second-order valence-electron chi connectivity index (χ2n) is 7.36. The van der Waals surface area contributed by atoms with E-state index in [0.29, 0.717) is 11.3 Å². The molecular weight excluding hydrogens is 510 g/mol. The van der Waals surface area contributed by atoms with Crippen LogP contribution < -0.4 is 19.7 Å². The molecule has 3 aromatic carbocycles. The van der Waals surface area contributed by atoms with Gasteiger partial charge in [0.15, 0.2) is 10.9 Å². The third-order valence-electron chi connectivity index (χ3n) is 5.12. The molecule has 1 N–H and O–H groups in total. The highest BCUT2D eigenvalue weighted by Crippen LogP contribution is 2.31. The first-order valence-corrected chi connectivity index (χ1v) is 10.5. The summed E-state index contributed by atoms with van der Waals surface area (Å²) in [5, 5.41) is 2.81. The van der Waals surface area contributed by atoms with Crippen LogP contribution in [0, 0.1) is 34.9 Å². The average molecular weight is 524 g/mol. The summed E-state index contributed by atoms with van der Waals surface area (Å²) in [5.74, 6) is -13.1. The lowest BCUT2D eigenvalue weighted by molar-refractivity contribution is -0.113. The molecule has 5 nitrogen and oxygen atoms in total. The van der Waals surface area contributed by atoms with E-state index in [1.807, 2.05) is 0 Å². The number of amides is 1. The third-order valence-corrected chi connectivity index (χ3v) is 5.40. The van der Waals surface area contributed by atoms with Crippen LogP contribution in [0.15, 0.2) is 48.2 Å². The highest BCUT2D eigenvalue weighted by Gasteiger charge is 2.32. The average Bonchev–Trinajstić information content (AvgIpc) is 3.14. The van der Waals surface area contributed by atoms with Crippen molar-refractivity contribution in [3.63, 3.8) is 0 Å². The number of methoxy groups -OCH3 is 1. The summed E-state index contributed by atoms with van der Waals surface area (Å²) >= 11 is 5.20. The van der Waals surface area contributed by atoms with E-state index in [1.54, 1.807) is 6.07 Å². The van der Waals surface area contributed by atoms with Gasteiger partial charge in [-0.05, 0) is 60.3 Å². The van der Waals surface area contributed by atoms with Gasteiger partial charge in [-0.25, -0.2) is 17.6 Å². The van der Waals surface area contributed by atoms with Gasteiger partial charge in [0.1, 0.15) is 23.9 Å². The van der Waals surface area contributed by atoms with Gasteiger partial charge in [-0.1, -0.05) is 6.07 Å². The van der Waals surface area contributed by atoms with E-state index >= 15 is 0 Å². The van der Waals surface area contributed by atoms with Crippen LogP contribution >= 0.6 is 12.2 Å². The number of carbonyl (C=O) groups is 1. The molecule has 0 aliphatic carbocycles. The van der Waals surface area contributed by atoms with Crippen LogP contribution in [0.25, 0.3) is 6.08 Å². The normalized spacial score (nSPS) is 14.4. The maximum Gasteiger partial charge on any atom is 0.281 e. The number of carbonyl (C=O) groups excluding carboxylic acids is 1. The molecule has 3 aromatic rings. The van der Waals surface area contributed by atoms with Crippen LogP contribution in [-0.2, 0) is 11.4 Å². The molecular formula is C24H14F6N2O3S. The predicted octanol–water partition coefficient (Wildman–Crippen LogP) is 5.37. The zero-order chi connectivity index (χ0) is 26.1. The molecule has 1 heterocycles. The van der Waals surface area contributed by atoms with E-state index < -0.39 is 53.2 Å². The Morgan fingerprint density at radius 1 is 0.917 bits per heavy atom. The zero-order valence-electron chi connectivity index (χ0n) is 18.2. The van der Waals surface area contributed by atoms with Crippen LogP contribution in [0.5, 0.6) is 11.5 Å². The van der Waals surface area contributed by atoms with Gasteiger partial charge in [0.05, 0.1) is 12.8 Å². The Morgan fingerprint density at radius 3 is 2.14 bits per heavy atom. The van der Waals surface area contributed by atoms with Crippen LogP contribution in [0.3, 0.4) is 0 Å². The number of thiocarbonyl (C=S) groups is 1. The van der Waals surface area contributed by atoms with E-state index in [2.05, 4.69) is 5.32 Å². The first-order chi connectivity index (χ1) is 17.1. The Balaban J connectivity index is 1.61. The van der Waals surface area contributed by atoms with E-state index in [4.69, 9.17) is 21.7 Å². The van der Waals surface area contributed by atoms with Crippen molar-refractivity contribution < 1.29 is 40.6 Å². The lowest BCUT2D eigenvalue weighted by Crippen LogP contribution is -2.30. The minimum Gasteiger partial charge on any atom is -0.496 e. The number of nitrogens with one attached hydrogen (secondary N) is 1. The van der Waals surface area contributed by atoms with Crippen molar-refractivity contribution in [1.82, 2.24) is 5.32 Å². The molecule has 36 heavy (non-hydrogen) atoms. The summed E-state index contributed by atoms with van der Waals surface area (Å²) in [6.07, 6.45) is 1.42. The molecule has 0 aromatic heterocycles. The number of hydrogen-bond acceptors (Lipinski definition) is 4. The lowest BCUT2D eigenvalue weighted by Gasteiger charge is -2.14. The topological polar surface area (TPSA) is 50.8 Å². The van der Waals surface area contributed by atoms with Gasteiger partial charge < -0.3 is 14.8 Å². The number of benzene rings is 3. The fourth-order valence-electron chi connectivity index (χ4n) is 3.39. The molecule has 0 unspecified atom stereocenters. The van der Waals surface area contributed by atoms with Crippen molar-refractivity contribution in [2.24, 2.45) is 0 Å². The molecule has 1 amide bonds. The van der Waals surface area contributed by atoms with E-state index in [1.165, 1.54) is 49.6 Å². The maximum absolute atomic E-state index is 13.9. The van der Waals surface area contributed by atoms with Crippen molar-refractivity contribution in [3.05, 3.63) is 94.2 Å². The smallest absolute Gasteiger partial charge is 0.281 e. The quantitative estimate of drug-likeness (QED) is 0.155. The second kappa shape index (κ2) is 9.90. The monoisotopic (exact) mass is 524 g/mol. The largest absolute Gasteiger partial charge is 0.496 e. The molecule has 1 fully saturated rings. The van der Waals surface area contributed by atoms with Crippen molar-refractivity contribution in [1.29, 1.82) is 0 Å². The maximum atomic E-state index is 13.9. The molecule has 0 bridgehead atoms. The second-order valence-corrected chi connectivity index (χ2v) is 7.75. The summed E-state index contributed by atoms with van der Waals surface area (Å²) in [6, 6.07) is 9.54. The number of anilines is 1. The first-order valence-electron chi connectivity index (χ1n) is 10.1. The van der Waals surface area contributed by atoms with Crippen molar-refractivity contribution in [3.8, 4) is 11.5 Å². The minimum atomic E-state index is -2.30. The standard InChI is InChI=1S/C24H14F6N2O3S/c1-34-16-7-2-11(8-12(16)10-35-22-20(29)18(27)17(26)19(28)21(22)30)9-15-23(33)32(24(36)31-15)14-5-3-13(25)4-6-14/h2-9H,10H2,1H3,(H,31,36)/b15-9+. The summed E-state index contributed by atoms with van der Waals surface area (Å²) in [4.78, 5) is 14.0. The molecule has 12 heteroatoms. The Hall–Kier alpha value is -4.06. The van der Waals surface area contributed by atoms with Crippen LogP contribution in [0.1, 0.15) is 11.1 Å². The van der Waals surface area contributed by atoms with Gasteiger partial charge in [-0.15, -0.1) is 0 Å². The molecule has 1 saturated heterocycles. The molecule has 186 valence electrons. The van der Waals surface area contributed by atoms with Crippen molar-refractivity contribution in [2.75, 3.05) is 12.0 Å². The highest BCUT2D eigenvalue weighted by atomic mass is 32.1. The Bertz CT molecular complexity index is 1380. The lowest BCUT2D eigenvalue weighted by atomic mass is 10.1. The van der Waals surface area contributed by atoms with Gasteiger partial charge in [-0.2, -0.15) is 8.78 Å². The number of ether oxygens (including phenoxy) is 2. The molecule has 0 saturated carbocycles. The summed E-state index contributed by atoms with van der Waals surface area (Å²) in [6.45, 7) is -0.625. The van der Waals surface area contributed by atoms with Crippen LogP contribution in [-0.4, -0.2) is 18.1 Å². The Morgan fingerprint density at radius 2 is 1.53 bits per heavy atom. The number of rotatable bonds is 6. The van der Waals surface area contributed by atoms with Gasteiger partial charge in [0, 0.05) is 5.56 Å². The van der Waals surface area contributed by atoms with Crippen LogP contribution in [0.2, 0.25) is 0 Å². The molecule has 1 aliphatic rings. The minimum absolute atomic E-state index is 0.0567. The molecule has 0 spiro atoms. The molecule has 1 aliphatic heterocycles. The highest BCUT2D eigenvalue weighted by molar-refractivity contribution is 7.80. The summed E-state index contributed by atoms with van der Waals surface area (Å²) < 4.78 is 91.4. The van der Waals surface area contributed by atoms with E-state index in [9.17, 15) is 31.1 Å². The van der Waals surface area contributed by atoms with E-state index in [-0.39, 0.29) is 22.1 Å².